The van der Waals surface area contributed by atoms with E-state index in [1.807, 2.05) is 24.5 Å². The fourth-order valence-electron chi connectivity index (χ4n) is 3.57. The molecule has 1 saturated heterocycles. The lowest BCUT2D eigenvalue weighted by molar-refractivity contribution is -0.153. The molecule has 2 aromatic carbocycles. The van der Waals surface area contributed by atoms with Gasteiger partial charge in [-0.05, 0) is 42.2 Å². The molecule has 4 rings (SSSR count). The van der Waals surface area contributed by atoms with Gasteiger partial charge in [-0.1, -0.05) is 29.2 Å². The van der Waals surface area contributed by atoms with Crippen LogP contribution in [0.2, 0.25) is 0 Å². The van der Waals surface area contributed by atoms with Crippen molar-refractivity contribution in [2.75, 3.05) is 39.3 Å². The summed E-state index contributed by atoms with van der Waals surface area (Å²) in [5.41, 5.74) is 4.71. The number of rotatable bonds is 7. The molecule has 0 radical (unpaired) electrons. The van der Waals surface area contributed by atoms with Crippen LogP contribution in [-0.4, -0.2) is 79.9 Å². The third-order valence-corrected chi connectivity index (χ3v) is 6.34. The standard InChI is InChI=1S/C23H27N5O3S/c1-32-23(28(30)17-29)16-27-22-9-8-19(14-21(22)24-25-27)5-2-18-3-6-20(7-4-18)15-26-10-12-31-13-11-26/h3-4,6-9,14,23,29-30H,10-13,15-17H2,1H3/t23-/m0/s1. The summed E-state index contributed by atoms with van der Waals surface area (Å²) in [5.74, 6) is 6.42. The molecule has 0 unspecified atom stereocenters. The predicted molar refractivity (Wildman–Crippen MR) is 124 cm³/mol. The van der Waals surface area contributed by atoms with Gasteiger partial charge in [-0.3, -0.25) is 4.90 Å². The minimum atomic E-state index is -0.438. The van der Waals surface area contributed by atoms with E-state index in [-0.39, 0.29) is 5.37 Å². The first-order valence-electron chi connectivity index (χ1n) is 10.5. The molecule has 1 aliphatic rings. The van der Waals surface area contributed by atoms with E-state index in [1.165, 1.54) is 17.3 Å². The molecule has 2 heterocycles. The second-order valence-corrected chi connectivity index (χ2v) is 8.60. The Hall–Kier alpha value is -2.45. The highest BCUT2D eigenvalue weighted by Gasteiger charge is 2.17. The van der Waals surface area contributed by atoms with Crippen molar-refractivity contribution in [2.24, 2.45) is 0 Å². The van der Waals surface area contributed by atoms with E-state index in [0.717, 1.165) is 60.1 Å². The van der Waals surface area contributed by atoms with Crippen LogP contribution in [0, 0.1) is 11.8 Å². The number of thioether (sulfide) groups is 1. The molecule has 2 N–H and O–H groups in total. The number of hydrogen-bond acceptors (Lipinski definition) is 8. The summed E-state index contributed by atoms with van der Waals surface area (Å²) >= 11 is 1.43. The number of nitrogens with zero attached hydrogens (tertiary/aromatic N) is 5. The number of hydroxylamine groups is 2. The highest BCUT2D eigenvalue weighted by molar-refractivity contribution is 7.99. The molecule has 0 bridgehead atoms. The van der Waals surface area contributed by atoms with Gasteiger partial charge in [-0.2, -0.15) is 5.06 Å². The molecule has 1 aromatic heterocycles. The monoisotopic (exact) mass is 453 g/mol. The van der Waals surface area contributed by atoms with Crippen molar-refractivity contribution >= 4 is 22.8 Å². The third kappa shape index (κ3) is 5.66. The Kier molecular flexibility index (Phi) is 7.76. The predicted octanol–water partition coefficient (Wildman–Crippen LogP) is 1.99. The number of morpholine rings is 1. The van der Waals surface area contributed by atoms with Crippen molar-refractivity contribution in [2.45, 2.75) is 18.5 Å². The fraction of sp³-hybridized carbons (Fsp3) is 0.391. The Morgan fingerprint density at radius 2 is 1.84 bits per heavy atom. The van der Waals surface area contributed by atoms with Crippen LogP contribution in [-0.2, 0) is 17.8 Å². The number of aliphatic hydroxyl groups excluding tert-OH is 1. The molecule has 0 amide bonds. The quantitative estimate of drug-likeness (QED) is 0.319. The van der Waals surface area contributed by atoms with E-state index in [1.54, 1.807) is 4.68 Å². The van der Waals surface area contributed by atoms with Crippen LogP contribution in [0.3, 0.4) is 0 Å². The van der Waals surface area contributed by atoms with Crippen molar-refractivity contribution in [3.8, 4) is 11.8 Å². The SMILES string of the molecule is CS[C@@H](Cn1nnc2cc(C#Cc3ccc(CN4CCOCC4)cc3)ccc21)N(O)CO. The average Bonchev–Trinajstić information content (AvgIpc) is 3.24. The second-order valence-electron chi connectivity index (χ2n) is 7.58. The smallest absolute Gasteiger partial charge is 0.120 e. The van der Waals surface area contributed by atoms with Crippen LogP contribution >= 0.6 is 11.8 Å². The van der Waals surface area contributed by atoms with E-state index in [0.29, 0.717) is 6.54 Å². The molecule has 1 fully saturated rings. The van der Waals surface area contributed by atoms with Crippen LogP contribution < -0.4 is 0 Å². The van der Waals surface area contributed by atoms with Gasteiger partial charge in [0.25, 0.3) is 0 Å². The van der Waals surface area contributed by atoms with Crippen molar-refractivity contribution in [1.29, 1.82) is 0 Å². The molecule has 0 aliphatic carbocycles. The van der Waals surface area contributed by atoms with Gasteiger partial charge in [0.1, 0.15) is 17.6 Å². The molecule has 3 aromatic rings. The fourth-order valence-corrected chi connectivity index (χ4v) is 4.17. The summed E-state index contributed by atoms with van der Waals surface area (Å²) in [6, 6.07) is 14.2. The number of fused-ring (bicyclic) bond motifs is 1. The lowest BCUT2D eigenvalue weighted by Crippen LogP contribution is -2.35. The van der Waals surface area contributed by atoms with Gasteiger partial charge in [0.2, 0.25) is 0 Å². The van der Waals surface area contributed by atoms with Crippen LogP contribution in [0.1, 0.15) is 16.7 Å². The third-order valence-electron chi connectivity index (χ3n) is 5.41. The van der Waals surface area contributed by atoms with Crippen molar-refractivity contribution in [1.82, 2.24) is 25.0 Å². The maximum atomic E-state index is 9.79. The minimum absolute atomic E-state index is 0.324. The lowest BCUT2D eigenvalue weighted by Gasteiger charge is -2.26. The molecule has 0 saturated carbocycles. The topological polar surface area (TPSA) is 86.9 Å². The Morgan fingerprint density at radius 3 is 2.56 bits per heavy atom. The summed E-state index contributed by atoms with van der Waals surface area (Å²) in [6.45, 7) is 4.47. The zero-order valence-electron chi connectivity index (χ0n) is 18.0. The Morgan fingerprint density at radius 1 is 1.12 bits per heavy atom. The molecule has 1 aliphatic heterocycles. The van der Waals surface area contributed by atoms with Crippen molar-refractivity contribution in [3.63, 3.8) is 0 Å². The van der Waals surface area contributed by atoms with Crippen LogP contribution in [0.15, 0.2) is 42.5 Å². The van der Waals surface area contributed by atoms with E-state index >= 15 is 0 Å². The Balaban J connectivity index is 1.43. The van der Waals surface area contributed by atoms with Crippen LogP contribution in [0.25, 0.3) is 11.0 Å². The maximum Gasteiger partial charge on any atom is 0.120 e. The molecule has 32 heavy (non-hydrogen) atoms. The van der Waals surface area contributed by atoms with Crippen LogP contribution in [0.4, 0.5) is 0 Å². The highest BCUT2D eigenvalue weighted by Crippen LogP contribution is 2.18. The zero-order chi connectivity index (χ0) is 22.3. The molecule has 8 nitrogen and oxygen atoms in total. The number of hydrogen-bond donors (Lipinski definition) is 2. The van der Waals surface area contributed by atoms with Gasteiger partial charge in [-0.15, -0.1) is 16.9 Å². The first-order valence-corrected chi connectivity index (χ1v) is 11.8. The zero-order valence-corrected chi connectivity index (χ0v) is 18.8. The van der Waals surface area contributed by atoms with Gasteiger partial charge < -0.3 is 15.1 Å². The normalized spacial score (nSPS) is 15.6. The van der Waals surface area contributed by atoms with Crippen molar-refractivity contribution in [3.05, 3.63) is 59.2 Å². The molecule has 9 heteroatoms. The van der Waals surface area contributed by atoms with Gasteiger partial charge in [0.15, 0.2) is 0 Å². The first-order chi connectivity index (χ1) is 15.7. The molecule has 168 valence electrons. The average molecular weight is 454 g/mol. The number of aliphatic hydroxyl groups is 1. The summed E-state index contributed by atoms with van der Waals surface area (Å²) < 4.78 is 7.13. The first kappa shape index (κ1) is 22.7. The number of benzene rings is 2. The van der Waals surface area contributed by atoms with Gasteiger partial charge in [0, 0.05) is 30.8 Å². The summed E-state index contributed by atoms with van der Waals surface area (Å²) in [4.78, 5) is 2.40. The highest BCUT2D eigenvalue weighted by atomic mass is 32.2. The van der Waals surface area contributed by atoms with Crippen molar-refractivity contribution < 1.29 is 15.1 Å². The van der Waals surface area contributed by atoms with E-state index in [2.05, 4.69) is 51.3 Å². The Labute approximate surface area is 191 Å². The van der Waals surface area contributed by atoms with Gasteiger partial charge in [0.05, 0.1) is 25.3 Å². The van der Waals surface area contributed by atoms with E-state index in [4.69, 9.17) is 9.84 Å². The molecular weight excluding hydrogens is 426 g/mol. The van der Waals surface area contributed by atoms with Crippen LogP contribution in [0.5, 0.6) is 0 Å². The molecular formula is C23H27N5O3S. The lowest BCUT2D eigenvalue weighted by atomic mass is 10.1. The molecule has 1 atom stereocenters. The summed E-state index contributed by atoms with van der Waals surface area (Å²) in [5, 5.41) is 27.9. The number of aromatic nitrogens is 3. The van der Waals surface area contributed by atoms with E-state index < -0.39 is 6.73 Å². The Bertz CT molecular complexity index is 1090. The summed E-state index contributed by atoms with van der Waals surface area (Å²) in [7, 11) is 0. The second kappa shape index (κ2) is 10.9. The molecule has 0 spiro atoms. The van der Waals surface area contributed by atoms with E-state index in [9.17, 15) is 5.21 Å². The minimum Gasteiger partial charge on any atom is -0.379 e. The van der Waals surface area contributed by atoms with Gasteiger partial charge in [-0.25, -0.2) is 4.68 Å². The maximum absolute atomic E-state index is 9.79. The summed E-state index contributed by atoms with van der Waals surface area (Å²) in [6.07, 6.45) is 1.87. The number of ether oxygens (including phenoxy) is 1. The largest absolute Gasteiger partial charge is 0.379 e. The van der Waals surface area contributed by atoms with Gasteiger partial charge >= 0.3 is 0 Å².